The Morgan fingerprint density at radius 3 is 2.62 bits per heavy atom. The van der Waals surface area contributed by atoms with E-state index in [9.17, 15) is 9.90 Å². The van der Waals surface area contributed by atoms with E-state index in [1.807, 2.05) is 6.92 Å². The van der Waals surface area contributed by atoms with Crippen LogP contribution in [0.2, 0.25) is 0 Å². The summed E-state index contributed by atoms with van der Waals surface area (Å²) in [5.74, 6) is 0.721. The van der Waals surface area contributed by atoms with Crippen LogP contribution in [0.1, 0.15) is 36.5 Å². The summed E-state index contributed by atoms with van der Waals surface area (Å²) < 4.78 is 5.41. The largest absolute Gasteiger partial charge is 0.389 e. The number of piperidine rings is 1. The number of nitrogens with one attached hydrogen (secondary N) is 1. The van der Waals surface area contributed by atoms with Gasteiger partial charge >= 0.3 is 0 Å². The van der Waals surface area contributed by atoms with Crippen molar-refractivity contribution in [3.63, 3.8) is 0 Å². The molecule has 0 unspecified atom stereocenters. The predicted octanol–water partition coefficient (Wildman–Crippen LogP) is 1.16. The molecule has 2 aliphatic rings. The molecule has 7 heteroatoms. The topological polar surface area (TPSA) is 87.6 Å². The summed E-state index contributed by atoms with van der Waals surface area (Å²) >= 11 is 0. The number of carbonyl (C=O) groups excluding carboxylic acids is 1. The van der Waals surface area contributed by atoms with Crippen molar-refractivity contribution in [1.29, 1.82) is 0 Å². The molecule has 0 aliphatic carbocycles. The first-order valence-electron chi connectivity index (χ1n) is 8.64. The highest BCUT2D eigenvalue weighted by Crippen LogP contribution is 2.39. The molecule has 1 aromatic heterocycles. The smallest absolute Gasteiger partial charge is 0.257 e. The predicted molar refractivity (Wildman–Crippen MR) is 89.8 cm³/mol. The standard InChI is InChI=1S/C17H26N4O3/c1-12-11-21(15(22)13-9-19-16(18-2)20-10-13)6-5-17(12,23)14-3-7-24-8-4-14/h9-10,12,14,23H,3-8,11H2,1-2H3,(H,18,19,20)/t12-,17+/m1/s1. The van der Waals surface area contributed by atoms with Crippen LogP contribution in [0.5, 0.6) is 0 Å². The Hall–Kier alpha value is -1.73. The summed E-state index contributed by atoms with van der Waals surface area (Å²) in [5, 5.41) is 14.0. The van der Waals surface area contributed by atoms with Gasteiger partial charge in [-0.05, 0) is 25.2 Å². The Labute approximate surface area is 142 Å². The molecule has 0 aromatic carbocycles. The average molecular weight is 334 g/mol. The van der Waals surface area contributed by atoms with Gasteiger partial charge in [0.25, 0.3) is 5.91 Å². The summed E-state index contributed by atoms with van der Waals surface area (Å²) in [5.41, 5.74) is -0.217. The molecule has 0 bridgehead atoms. The Kier molecular flexibility index (Phi) is 5.01. The lowest BCUT2D eigenvalue weighted by Gasteiger charge is -2.48. The molecule has 2 saturated heterocycles. The minimum Gasteiger partial charge on any atom is -0.389 e. The van der Waals surface area contributed by atoms with Crippen molar-refractivity contribution in [2.45, 2.75) is 31.8 Å². The second kappa shape index (κ2) is 7.03. The third-order valence-electron chi connectivity index (χ3n) is 5.47. The summed E-state index contributed by atoms with van der Waals surface area (Å²) in [4.78, 5) is 22.7. The molecule has 2 aliphatic heterocycles. The second-order valence-corrected chi connectivity index (χ2v) is 6.83. The summed E-state index contributed by atoms with van der Waals surface area (Å²) in [6, 6.07) is 0. The van der Waals surface area contributed by atoms with Crippen LogP contribution in [0.4, 0.5) is 5.95 Å². The van der Waals surface area contributed by atoms with Crippen LogP contribution in [0.25, 0.3) is 0 Å². The lowest BCUT2D eigenvalue weighted by molar-refractivity contribution is -0.125. The maximum Gasteiger partial charge on any atom is 0.257 e. The van der Waals surface area contributed by atoms with E-state index in [-0.39, 0.29) is 17.7 Å². The Morgan fingerprint density at radius 2 is 2.04 bits per heavy atom. The molecule has 3 heterocycles. The molecule has 0 saturated carbocycles. The minimum absolute atomic E-state index is 0.0378. The Bertz CT molecular complexity index is 574. The van der Waals surface area contributed by atoms with Gasteiger partial charge in [0.05, 0.1) is 11.2 Å². The molecule has 24 heavy (non-hydrogen) atoms. The van der Waals surface area contributed by atoms with E-state index in [1.165, 1.54) is 0 Å². The zero-order valence-electron chi connectivity index (χ0n) is 14.4. The average Bonchev–Trinajstić information content (AvgIpc) is 2.64. The monoisotopic (exact) mass is 334 g/mol. The summed E-state index contributed by atoms with van der Waals surface area (Å²) in [6.45, 7) is 4.59. The van der Waals surface area contributed by atoms with E-state index in [1.54, 1.807) is 24.3 Å². The van der Waals surface area contributed by atoms with E-state index < -0.39 is 5.60 Å². The van der Waals surface area contributed by atoms with E-state index in [0.717, 1.165) is 26.1 Å². The van der Waals surface area contributed by atoms with Gasteiger partial charge in [0.15, 0.2) is 0 Å². The number of likely N-dealkylation sites (tertiary alicyclic amines) is 1. The van der Waals surface area contributed by atoms with Crippen molar-refractivity contribution in [3.8, 4) is 0 Å². The van der Waals surface area contributed by atoms with Crippen LogP contribution >= 0.6 is 0 Å². The van der Waals surface area contributed by atoms with Crippen molar-refractivity contribution in [2.75, 3.05) is 38.7 Å². The third-order valence-corrected chi connectivity index (χ3v) is 5.47. The molecule has 1 amide bonds. The Morgan fingerprint density at radius 1 is 1.38 bits per heavy atom. The van der Waals surface area contributed by atoms with Crippen LogP contribution in [-0.4, -0.2) is 64.8 Å². The molecule has 0 radical (unpaired) electrons. The summed E-state index contributed by atoms with van der Waals surface area (Å²) in [7, 11) is 1.74. The fourth-order valence-corrected chi connectivity index (χ4v) is 3.88. The van der Waals surface area contributed by atoms with Gasteiger partial charge in [-0.2, -0.15) is 0 Å². The van der Waals surface area contributed by atoms with Gasteiger partial charge in [0.1, 0.15) is 0 Å². The number of anilines is 1. The van der Waals surface area contributed by atoms with E-state index in [4.69, 9.17) is 4.74 Å². The molecule has 1 aromatic rings. The molecule has 0 spiro atoms. The van der Waals surface area contributed by atoms with Crippen molar-refractivity contribution in [2.24, 2.45) is 11.8 Å². The molecule has 3 rings (SSSR count). The van der Waals surface area contributed by atoms with Crippen LogP contribution in [0, 0.1) is 11.8 Å². The Balaban J connectivity index is 1.66. The second-order valence-electron chi connectivity index (χ2n) is 6.83. The molecular formula is C17H26N4O3. The number of aromatic nitrogens is 2. The first kappa shape index (κ1) is 17.1. The number of nitrogens with zero attached hydrogens (tertiary/aromatic N) is 3. The highest BCUT2D eigenvalue weighted by Gasteiger charge is 2.46. The number of rotatable bonds is 3. The van der Waals surface area contributed by atoms with Gasteiger partial charge in [0.2, 0.25) is 5.95 Å². The van der Waals surface area contributed by atoms with Crippen molar-refractivity contribution in [3.05, 3.63) is 18.0 Å². The SMILES string of the molecule is CNc1ncc(C(=O)N2CC[C@@](O)(C3CCOCC3)[C@H](C)C2)cn1. The molecule has 2 fully saturated rings. The fraction of sp³-hybridized carbons (Fsp3) is 0.706. The van der Waals surface area contributed by atoms with Crippen molar-refractivity contribution < 1.29 is 14.6 Å². The molecule has 2 atom stereocenters. The van der Waals surface area contributed by atoms with E-state index >= 15 is 0 Å². The van der Waals surface area contributed by atoms with Crippen LogP contribution < -0.4 is 5.32 Å². The number of hydrogen-bond acceptors (Lipinski definition) is 6. The van der Waals surface area contributed by atoms with Crippen LogP contribution in [0.15, 0.2) is 12.4 Å². The van der Waals surface area contributed by atoms with Crippen molar-refractivity contribution in [1.82, 2.24) is 14.9 Å². The number of carbonyl (C=O) groups is 1. The van der Waals surface area contributed by atoms with E-state index in [2.05, 4.69) is 15.3 Å². The molecule has 132 valence electrons. The summed E-state index contributed by atoms with van der Waals surface area (Å²) in [6.07, 6.45) is 5.50. The van der Waals surface area contributed by atoms with Gasteiger partial charge in [-0.25, -0.2) is 9.97 Å². The number of hydrogen-bond donors (Lipinski definition) is 2. The van der Waals surface area contributed by atoms with E-state index in [0.29, 0.717) is 31.0 Å². The van der Waals surface area contributed by atoms with Crippen molar-refractivity contribution >= 4 is 11.9 Å². The molecule has 2 N–H and O–H groups in total. The zero-order valence-corrected chi connectivity index (χ0v) is 14.4. The first-order chi connectivity index (χ1) is 11.5. The van der Waals surface area contributed by atoms with Gasteiger partial charge in [-0.3, -0.25) is 4.79 Å². The quantitative estimate of drug-likeness (QED) is 0.862. The zero-order chi connectivity index (χ0) is 17.2. The number of aliphatic hydroxyl groups is 1. The molecule has 7 nitrogen and oxygen atoms in total. The van der Waals surface area contributed by atoms with Gasteiger partial charge in [-0.1, -0.05) is 6.92 Å². The third kappa shape index (κ3) is 3.23. The minimum atomic E-state index is -0.701. The highest BCUT2D eigenvalue weighted by atomic mass is 16.5. The lowest BCUT2D eigenvalue weighted by Crippen LogP contribution is -2.56. The first-order valence-corrected chi connectivity index (χ1v) is 8.64. The maximum atomic E-state index is 12.7. The lowest BCUT2D eigenvalue weighted by atomic mass is 9.70. The molecular weight excluding hydrogens is 308 g/mol. The van der Waals surface area contributed by atoms with Gasteiger partial charge < -0.3 is 20.1 Å². The van der Waals surface area contributed by atoms with Crippen LogP contribution in [0.3, 0.4) is 0 Å². The van der Waals surface area contributed by atoms with Crippen LogP contribution in [-0.2, 0) is 4.74 Å². The number of ether oxygens (including phenoxy) is 1. The highest BCUT2D eigenvalue weighted by molar-refractivity contribution is 5.93. The fourth-order valence-electron chi connectivity index (χ4n) is 3.88. The normalized spacial score (nSPS) is 28.6. The van der Waals surface area contributed by atoms with Gasteiger partial charge in [-0.15, -0.1) is 0 Å². The number of amides is 1. The maximum absolute atomic E-state index is 12.7. The van der Waals surface area contributed by atoms with Gasteiger partial charge in [0, 0.05) is 51.7 Å².